The van der Waals surface area contributed by atoms with Gasteiger partial charge in [-0.2, -0.15) is 0 Å². The van der Waals surface area contributed by atoms with E-state index in [2.05, 4.69) is 50.4 Å². The Hall–Kier alpha value is -0.820. The van der Waals surface area contributed by atoms with Crippen molar-refractivity contribution in [2.45, 2.75) is 26.8 Å². The Morgan fingerprint density at radius 3 is 2.46 bits per heavy atom. The first kappa shape index (κ1) is 8.76. The molecule has 1 aliphatic heterocycles. The fourth-order valence-electron chi connectivity index (χ4n) is 2.05. The molecule has 2 rings (SSSR count). The fraction of sp³-hybridized carbons (Fsp3) is 0.500. The highest BCUT2D eigenvalue weighted by molar-refractivity contribution is 5.32. The van der Waals surface area contributed by atoms with Gasteiger partial charge >= 0.3 is 0 Å². The summed E-state index contributed by atoms with van der Waals surface area (Å²) in [5.74, 6) is 0. The molecule has 1 unspecified atom stereocenters. The summed E-state index contributed by atoms with van der Waals surface area (Å²) in [5, 5.41) is 3.49. The molecule has 0 aliphatic carbocycles. The minimum absolute atomic E-state index is 0.423. The SMILES string of the molecule is Cc1ccccc1C1NCC1(C)C. The maximum Gasteiger partial charge on any atom is 0.0386 e. The van der Waals surface area contributed by atoms with Crippen LogP contribution >= 0.6 is 0 Å². The highest BCUT2D eigenvalue weighted by Crippen LogP contribution is 2.40. The largest absolute Gasteiger partial charge is 0.309 e. The Morgan fingerprint density at radius 2 is 2.00 bits per heavy atom. The van der Waals surface area contributed by atoms with Crippen LogP contribution < -0.4 is 5.32 Å². The van der Waals surface area contributed by atoms with Crippen molar-refractivity contribution in [3.8, 4) is 0 Å². The van der Waals surface area contributed by atoms with Crippen LogP contribution in [-0.2, 0) is 0 Å². The molecule has 70 valence electrons. The zero-order valence-corrected chi connectivity index (χ0v) is 8.59. The molecule has 0 amide bonds. The summed E-state index contributed by atoms with van der Waals surface area (Å²) in [7, 11) is 0. The van der Waals surface area contributed by atoms with Gasteiger partial charge in [-0.3, -0.25) is 0 Å². The molecule has 1 nitrogen and oxygen atoms in total. The van der Waals surface area contributed by atoms with E-state index >= 15 is 0 Å². The topological polar surface area (TPSA) is 12.0 Å². The highest BCUT2D eigenvalue weighted by atomic mass is 15.0. The molecule has 1 aromatic carbocycles. The Kier molecular flexibility index (Phi) is 1.92. The van der Waals surface area contributed by atoms with Crippen LogP contribution in [0.2, 0.25) is 0 Å². The van der Waals surface area contributed by atoms with Crippen molar-refractivity contribution in [3.05, 3.63) is 35.4 Å². The first-order valence-corrected chi connectivity index (χ1v) is 4.90. The maximum absolute atomic E-state index is 3.49. The first-order chi connectivity index (χ1) is 6.11. The molecule has 1 aromatic rings. The lowest BCUT2D eigenvalue weighted by atomic mass is 9.73. The molecule has 13 heavy (non-hydrogen) atoms. The van der Waals surface area contributed by atoms with Gasteiger partial charge in [-0.15, -0.1) is 0 Å². The average molecular weight is 175 g/mol. The second-order valence-corrected chi connectivity index (χ2v) is 4.66. The molecule has 0 bridgehead atoms. The average Bonchev–Trinajstić information content (AvgIpc) is 2.07. The van der Waals surface area contributed by atoms with E-state index in [0.717, 1.165) is 6.54 Å². The Balaban J connectivity index is 2.32. The molecule has 1 fully saturated rings. The summed E-state index contributed by atoms with van der Waals surface area (Å²) < 4.78 is 0. The number of aryl methyl sites for hydroxylation is 1. The van der Waals surface area contributed by atoms with Gasteiger partial charge in [-0.05, 0) is 23.5 Å². The first-order valence-electron chi connectivity index (χ1n) is 4.90. The van der Waals surface area contributed by atoms with Crippen molar-refractivity contribution in [2.75, 3.05) is 6.54 Å². The zero-order chi connectivity index (χ0) is 9.47. The summed E-state index contributed by atoms with van der Waals surface area (Å²) in [5.41, 5.74) is 3.28. The Bertz CT molecular complexity index is 315. The molecular formula is C12H17N. The Morgan fingerprint density at radius 1 is 1.31 bits per heavy atom. The molecule has 1 aliphatic rings. The van der Waals surface area contributed by atoms with Crippen molar-refractivity contribution in [3.63, 3.8) is 0 Å². The van der Waals surface area contributed by atoms with Gasteiger partial charge in [0, 0.05) is 12.6 Å². The predicted octanol–water partition coefficient (Wildman–Crippen LogP) is 2.67. The summed E-state index contributed by atoms with van der Waals surface area (Å²) in [6.07, 6.45) is 0. The van der Waals surface area contributed by atoms with Crippen LogP contribution in [0.4, 0.5) is 0 Å². The van der Waals surface area contributed by atoms with E-state index in [-0.39, 0.29) is 0 Å². The van der Waals surface area contributed by atoms with Crippen LogP contribution in [0.3, 0.4) is 0 Å². The fourth-order valence-corrected chi connectivity index (χ4v) is 2.05. The van der Waals surface area contributed by atoms with Gasteiger partial charge in [-0.25, -0.2) is 0 Å². The van der Waals surface area contributed by atoms with Gasteiger partial charge in [0.2, 0.25) is 0 Å². The molecule has 0 spiro atoms. The van der Waals surface area contributed by atoms with E-state index in [1.165, 1.54) is 11.1 Å². The third kappa shape index (κ3) is 1.37. The second kappa shape index (κ2) is 2.85. The van der Waals surface area contributed by atoms with Crippen molar-refractivity contribution >= 4 is 0 Å². The molecular weight excluding hydrogens is 158 g/mol. The summed E-state index contributed by atoms with van der Waals surface area (Å²) >= 11 is 0. The van der Waals surface area contributed by atoms with Gasteiger partial charge in [-0.1, -0.05) is 38.1 Å². The van der Waals surface area contributed by atoms with E-state index in [4.69, 9.17) is 0 Å². The lowest BCUT2D eigenvalue weighted by Gasteiger charge is -2.46. The van der Waals surface area contributed by atoms with Crippen LogP contribution in [-0.4, -0.2) is 6.54 Å². The summed E-state index contributed by atoms with van der Waals surface area (Å²) in [4.78, 5) is 0. The maximum atomic E-state index is 3.49. The lowest BCUT2D eigenvalue weighted by Crippen LogP contribution is -2.52. The quantitative estimate of drug-likeness (QED) is 0.692. The van der Waals surface area contributed by atoms with E-state index in [1.54, 1.807) is 0 Å². The zero-order valence-electron chi connectivity index (χ0n) is 8.59. The van der Waals surface area contributed by atoms with Crippen LogP contribution in [0, 0.1) is 12.3 Å². The van der Waals surface area contributed by atoms with E-state index < -0.39 is 0 Å². The number of hydrogen-bond donors (Lipinski definition) is 1. The van der Waals surface area contributed by atoms with Gasteiger partial charge in [0.1, 0.15) is 0 Å². The van der Waals surface area contributed by atoms with Crippen LogP contribution in [0.1, 0.15) is 31.0 Å². The standard InChI is InChI=1S/C12H17N/c1-9-6-4-5-7-10(9)11-12(2,3)8-13-11/h4-7,11,13H,8H2,1-3H3. The molecule has 1 heteroatoms. The third-order valence-electron chi connectivity index (χ3n) is 3.04. The van der Waals surface area contributed by atoms with Crippen molar-refractivity contribution in [1.82, 2.24) is 5.32 Å². The van der Waals surface area contributed by atoms with Crippen molar-refractivity contribution < 1.29 is 0 Å². The number of nitrogens with one attached hydrogen (secondary N) is 1. The summed E-state index contributed by atoms with van der Waals surface area (Å²) in [6.45, 7) is 7.96. The molecule has 1 heterocycles. The van der Waals surface area contributed by atoms with Gasteiger partial charge < -0.3 is 5.32 Å². The minimum atomic E-state index is 0.423. The van der Waals surface area contributed by atoms with E-state index in [1.807, 2.05) is 0 Å². The molecule has 1 saturated heterocycles. The minimum Gasteiger partial charge on any atom is -0.309 e. The van der Waals surface area contributed by atoms with Gasteiger partial charge in [0.25, 0.3) is 0 Å². The second-order valence-electron chi connectivity index (χ2n) is 4.66. The lowest BCUT2D eigenvalue weighted by molar-refractivity contribution is 0.128. The van der Waals surface area contributed by atoms with Crippen molar-refractivity contribution in [2.24, 2.45) is 5.41 Å². The van der Waals surface area contributed by atoms with Gasteiger partial charge in [0.05, 0.1) is 0 Å². The number of benzene rings is 1. The predicted molar refractivity (Wildman–Crippen MR) is 55.7 cm³/mol. The van der Waals surface area contributed by atoms with Crippen LogP contribution in [0.15, 0.2) is 24.3 Å². The third-order valence-corrected chi connectivity index (χ3v) is 3.04. The van der Waals surface area contributed by atoms with Crippen LogP contribution in [0.25, 0.3) is 0 Å². The smallest absolute Gasteiger partial charge is 0.0386 e. The molecule has 0 radical (unpaired) electrons. The van der Waals surface area contributed by atoms with E-state index in [0.29, 0.717) is 11.5 Å². The highest BCUT2D eigenvalue weighted by Gasteiger charge is 2.39. The van der Waals surface area contributed by atoms with E-state index in [9.17, 15) is 0 Å². The number of rotatable bonds is 1. The molecule has 0 saturated carbocycles. The Labute approximate surface area is 80.2 Å². The van der Waals surface area contributed by atoms with Crippen LogP contribution in [0.5, 0.6) is 0 Å². The summed E-state index contributed by atoms with van der Waals surface area (Å²) in [6, 6.07) is 9.19. The molecule has 1 atom stereocenters. The normalized spacial score (nSPS) is 25.3. The van der Waals surface area contributed by atoms with Gasteiger partial charge in [0.15, 0.2) is 0 Å². The van der Waals surface area contributed by atoms with Crippen molar-refractivity contribution in [1.29, 1.82) is 0 Å². The monoisotopic (exact) mass is 175 g/mol. The number of hydrogen-bond acceptors (Lipinski definition) is 1. The molecule has 0 aromatic heterocycles. The molecule has 1 N–H and O–H groups in total.